The Labute approximate surface area is 91.9 Å². The first kappa shape index (κ1) is 9.67. The molecule has 2 N–H and O–H groups in total. The quantitative estimate of drug-likeness (QED) is 0.708. The summed E-state index contributed by atoms with van der Waals surface area (Å²) in [6.45, 7) is 3.63. The topological polar surface area (TPSA) is 27.3 Å². The summed E-state index contributed by atoms with van der Waals surface area (Å²) in [7, 11) is 0. The summed E-state index contributed by atoms with van der Waals surface area (Å²) in [4.78, 5) is 2.61. The number of hydrogen-bond donors (Lipinski definition) is 2. The lowest BCUT2D eigenvalue weighted by Crippen LogP contribution is -2.44. The molecule has 84 valence electrons. The first-order valence-corrected chi connectivity index (χ1v) is 6.38. The van der Waals surface area contributed by atoms with E-state index in [0.717, 1.165) is 0 Å². The number of nitrogens with zero attached hydrogens (tertiary/aromatic N) is 1. The van der Waals surface area contributed by atoms with Crippen molar-refractivity contribution >= 4 is 0 Å². The van der Waals surface area contributed by atoms with Crippen molar-refractivity contribution in [1.29, 1.82) is 0 Å². The Balaban J connectivity index is 1.70. The van der Waals surface area contributed by atoms with Gasteiger partial charge < -0.3 is 10.2 Å². The molecule has 3 nitrogen and oxygen atoms in total. The third kappa shape index (κ3) is 1.79. The highest BCUT2D eigenvalue weighted by Gasteiger charge is 2.31. The van der Waals surface area contributed by atoms with Gasteiger partial charge in [-0.25, -0.2) is 0 Å². The third-order valence-corrected chi connectivity index (χ3v) is 3.88. The van der Waals surface area contributed by atoms with E-state index in [9.17, 15) is 0 Å². The predicted octanol–water partition coefficient (Wildman–Crippen LogP) is 1.04. The van der Waals surface area contributed by atoms with Crippen LogP contribution in [0.5, 0.6) is 0 Å². The van der Waals surface area contributed by atoms with Crippen LogP contribution in [-0.2, 0) is 0 Å². The van der Waals surface area contributed by atoms with Crippen molar-refractivity contribution in [2.75, 3.05) is 19.6 Å². The zero-order valence-electron chi connectivity index (χ0n) is 9.34. The molecule has 3 aliphatic heterocycles. The average molecular weight is 207 g/mol. The van der Waals surface area contributed by atoms with Gasteiger partial charge in [-0.05, 0) is 45.2 Å². The van der Waals surface area contributed by atoms with Crippen LogP contribution >= 0.6 is 0 Å². The first-order chi connectivity index (χ1) is 7.45. The Bertz CT molecular complexity index is 250. The smallest absolute Gasteiger partial charge is 0.0793 e. The van der Waals surface area contributed by atoms with Crippen molar-refractivity contribution in [1.82, 2.24) is 15.5 Å². The standard InChI is InChI=1S/C12H21N3/c1-4-10(13-7-1)11-5-3-9-15(11)12-6-2-8-14-12/h5,10,12-14H,1-4,6-9H2. The van der Waals surface area contributed by atoms with Crippen LogP contribution in [0.3, 0.4) is 0 Å². The van der Waals surface area contributed by atoms with E-state index in [1.165, 1.54) is 51.7 Å². The molecule has 0 radical (unpaired) electrons. The van der Waals surface area contributed by atoms with Crippen LogP contribution in [-0.4, -0.2) is 36.7 Å². The van der Waals surface area contributed by atoms with Gasteiger partial charge in [-0.2, -0.15) is 0 Å². The molecular weight excluding hydrogens is 186 g/mol. The summed E-state index contributed by atoms with van der Waals surface area (Å²) in [5, 5.41) is 7.22. The molecule has 0 amide bonds. The Morgan fingerprint density at radius 2 is 2.00 bits per heavy atom. The minimum absolute atomic E-state index is 0.626. The minimum atomic E-state index is 0.626. The molecule has 0 saturated carbocycles. The first-order valence-electron chi connectivity index (χ1n) is 6.38. The monoisotopic (exact) mass is 207 g/mol. The molecule has 2 fully saturated rings. The van der Waals surface area contributed by atoms with Crippen molar-refractivity contribution in [2.45, 2.75) is 44.3 Å². The zero-order chi connectivity index (χ0) is 10.1. The van der Waals surface area contributed by atoms with Crippen molar-refractivity contribution in [3.63, 3.8) is 0 Å². The predicted molar refractivity (Wildman–Crippen MR) is 61.5 cm³/mol. The van der Waals surface area contributed by atoms with E-state index in [-0.39, 0.29) is 0 Å². The van der Waals surface area contributed by atoms with E-state index in [2.05, 4.69) is 21.6 Å². The number of hydrogen-bond acceptors (Lipinski definition) is 3. The molecule has 2 atom stereocenters. The van der Waals surface area contributed by atoms with Crippen molar-refractivity contribution < 1.29 is 0 Å². The fourth-order valence-corrected chi connectivity index (χ4v) is 3.15. The second-order valence-electron chi connectivity index (χ2n) is 4.87. The fourth-order valence-electron chi connectivity index (χ4n) is 3.15. The van der Waals surface area contributed by atoms with Crippen molar-refractivity contribution in [3.05, 3.63) is 11.8 Å². The van der Waals surface area contributed by atoms with Gasteiger partial charge in [-0.3, -0.25) is 5.32 Å². The second kappa shape index (κ2) is 4.14. The van der Waals surface area contributed by atoms with Gasteiger partial charge in [0.05, 0.1) is 6.17 Å². The molecule has 15 heavy (non-hydrogen) atoms. The van der Waals surface area contributed by atoms with Crippen LogP contribution in [0.2, 0.25) is 0 Å². The second-order valence-corrected chi connectivity index (χ2v) is 4.87. The van der Waals surface area contributed by atoms with E-state index in [0.29, 0.717) is 12.2 Å². The lowest BCUT2D eigenvalue weighted by Gasteiger charge is -2.32. The molecule has 3 heterocycles. The Kier molecular flexibility index (Phi) is 2.67. The Hall–Kier alpha value is -0.540. The van der Waals surface area contributed by atoms with E-state index in [1.807, 2.05) is 0 Å². The molecule has 2 saturated heterocycles. The van der Waals surface area contributed by atoms with Gasteiger partial charge in [-0.1, -0.05) is 6.08 Å². The van der Waals surface area contributed by atoms with Gasteiger partial charge in [0.2, 0.25) is 0 Å². The van der Waals surface area contributed by atoms with E-state index in [1.54, 1.807) is 5.70 Å². The van der Waals surface area contributed by atoms with E-state index < -0.39 is 0 Å². The molecular formula is C12H21N3. The third-order valence-electron chi connectivity index (χ3n) is 3.88. The largest absolute Gasteiger partial charge is 0.358 e. The molecule has 0 aliphatic carbocycles. The molecule has 0 bridgehead atoms. The maximum absolute atomic E-state index is 3.61. The highest BCUT2D eigenvalue weighted by molar-refractivity contribution is 5.17. The molecule has 2 unspecified atom stereocenters. The van der Waals surface area contributed by atoms with Gasteiger partial charge in [0.1, 0.15) is 0 Å². The van der Waals surface area contributed by atoms with Gasteiger partial charge in [-0.15, -0.1) is 0 Å². The maximum atomic E-state index is 3.61. The number of nitrogens with one attached hydrogen (secondary N) is 2. The summed E-state index contributed by atoms with van der Waals surface area (Å²) in [6.07, 6.45) is 9.65. The Morgan fingerprint density at radius 3 is 2.73 bits per heavy atom. The average Bonchev–Trinajstić information content (AvgIpc) is 3.01. The lowest BCUT2D eigenvalue weighted by atomic mass is 10.1. The molecule has 3 aliphatic rings. The summed E-state index contributed by atoms with van der Waals surface area (Å²) in [5.41, 5.74) is 1.58. The van der Waals surface area contributed by atoms with Crippen LogP contribution < -0.4 is 10.6 Å². The van der Waals surface area contributed by atoms with Gasteiger partial charge in [0.25, 0.3) is 0 Å². The highest BCUT2D eigenvalue weighted by Crippen LogP contribution is 2.27. The summed E-state index contributed by atoms with van der Waals surface area (Å²) in [6, 6.07) is 0.648. The normalized spacial score (nSPS) is 36.3. The van der Waals surface area contributed by atoms with Crippen LogP contribution in [0, 0.1) is 0 Å². The summed E-state index contributed by atoms with van der Waals surface area (Å²) in [5.74, 6) is 0. The van der Waals surface area contributed by atoms with Crippen LogP contribution in [0.4, 0.5) is 0 Å². The van der Waals surface area contributed by atoms with Crippen molar-refractivity contribution in [2.24, 2.45) is 0 Å². The Morgan fingerprint density at radius 1 is 1.13 bits per heavy atom. The maximum Gasteiger partial charge on any atom is 0.0793 e. The summed E-state index contributed by atoms with van der Waals surface area (Å²) < 4.78 is 0. The SMILES string of the molecule is C1=C(C2CCCN2)N(C2CCCN2)CC1. The minimum Gasteiger partial charge on any atom is -0.358 e. The van der Waals surface area contributed by atoms with E-state index in [4.69, 9.17) is 0 Å². The number of rotatable bonds is 2. The van der Waals surface area contributed by atoms with E-state index >= 15 is 0 Å². The van der Waals surface area contributed by atoms with Crippen LogP contribution in [0.25, 0.3) is 0 Å². The van der Waals surface area contributed by atoms with Gasteiger partial charge in [0, 0.05) is 18.3 Å². The lowest BCUT2D eigenvalue weighted by molar-refractivity contribution is 0.238. The fraction of sp³-hybridized carbons (Fsp3) is 0.833. The molecule has 0 aromatic rings. The molecule has 0 spiro atoms. The molecule has 3 heteroatoms. The van der Waals surface area contributed by atoms with Crippen molar-refractivity contribution in [3.8, 4) is 0 Å². The molecule has 3 rings (SSSR count). The van der Waals surface area contributed by atoms with Gasteiger partial charge >= 0.3 is 0 Å². The van der Waals surface area contributed by atoms with Crippen LogP contribution in [0.1, 0.15) is 32.1 Å². The molecule has 0 aromatic heterocycles. The van der Waals surface area contributed by atoms with Gasteiger partial charge in [0.15, 0.2) is 0 Å². The van der Waals surface area contributed by atoms with Crippen LogP contribution in [0.15, 0.2) is 11.8 Å². The molecule has 0 aromatic carbocycles. The summed E-state index contributed by atoms with van der Waals surface area (Å²) >= 11 is 0. The zero-order valence-corrected chi connectivity index (χ0v) is 9.34. The highest BCUT2D eigenvalue weighted by atomic mass is 15.3.